The fourth-order valence-corrected chi connectivity index (χ4v) is 1.76. The first-order valence-corrected chi connectivity index (χ1v) is 5.97. The minimum Gasteiger partial charge on any atom is -0.369 e. The van der Waals surface area contributed by atoms with E-state index >= 15 is 0 Å². The van der Waals surface area contributed by atoms with Crippen molar-refractivity contribution in [3.05, 3.63) is 0 Å². The van der Waals surface area contributed by atoms with Crippen LogP contribution in [0.3, 0.4) is 0 Å². The summed E-state index contributed by atoms with van der Waals surface area (Å²) in [5.41, 5.74) is 0. The minimum absolute atomic E-state index is 0.372. The summed E-state index contributed by atoms with van der Waals surface area (Å²) in [5.74, 6) is 7.86. The van der Waals surface area contributed by atoms with Crippen LogP contribution in [0.2, 0.25) is 0 Å². The zero-order valence-corrected chi connectivity index (χ0v) is 9.59. The molecular formula is C14H20O. The van der Waals surface area contributed by atoms with Crippen molar-refractivity contribution in [2.24, 2.45) is 0 Å². The van der Waals surface area contributed by atoms with Crippen LogP contribution < -0.4 is 0 Å². The number of terminal acetylenes is 1. The Balaban J connectivity index is 1.91. The van der Waals surface area contributed by atoms with Crippen molar-refractivity contribution < 1.29 is 4.74 Å². The van der Waals surface area contributed by atoms with Gasteiger partial charge in [0.15, 0.2) is 0 Å². The highest BCUT2D eigenvalue weighted by atomic mass is 16.6. The second kappa shape index (κ2) is 7.38. The zero-order valence-electron chi connectivity index (χ0n) is 9.59. The lowest BCUT2D eigenvalue weighted by Crippen LogP contribution is -1.92. The van der Waals surface area contributed by atoms with Crippen LogP contribution in [0.1, 0.15) is 51.9 Å². The van der Waals surface area contributed by atoms with E-state index in [1.54, 1.807) is 0 Å². The van der Waals surface area contributed by atoms with E-state index in [9.17, 15) is 0 Å². The molecular weight excluding hydrogens is 184 g/mol. The Bertz CT molecular complexity index is 263. The number of hydrogen-bond donors (Lipinski definition) is 0. The van der Waals surface area contributed by atoms with E-state index in [0.717, 1.165) is 6.42 Å². The predicted octanol–water partition coefficient (Wildman–Crippen LogP) is 3.14. The number of ether oxygens (including phenoxy) is 1. The molecule has 0 amide bonds. The van der Waals surface area contributed by atoms with Crippen molar-refractivity contribution in [1.82, 2.24) is 0 Å². The summed E-state index contributed by atoms with van der Waals surface area (Å²) in [4.78, 5) is 0. The SMILES string of the molecule is C#CC#CCC1OC1CCCCCCC. The van der Waals surface area contributed by atoms with Crippen LogP contribution in [0.5, 0.6) is 0 Å². The Labute approximate surface area is 93.6 Å². The molecule has 0 aromatic rings. The highest BCUT2D eigenvalue weighted by molar-refractivity contribution is 5.22. The monoisotopic (exact) mass is 204 g/mol. The fraction of sp³-hybridized carbons (Fsp3) is 0.714. The normalized spacial score (nSPS) is 22.7. The molecule has 1 aliphatic rings. The molecule has 1 saturated heterocycles. The molecule has 0 aliphatic carbocycles. The predicted molar refractivity (Wildman–Crippen MR) is 63.3 cm³/mol. The molecule has 0 bridgehead atoms. The molecule has 1 rings (SSSR count). The van der Waals surface area contributed by atoms with E-state index < -0.39 is 0 Å². The van der Waals surface area contributed by atoms with Crippen molar-refractivity contribution in [2.45, 2.75) is 64.1 Å². The average Bonchev–Trinajstić information content (AvgIpc) is 2.97. The standard InChI is InChI=1S/C14H20O/c1-3-5-7-8-10-12-14-13(15-14)11-9-6-4-2/h2,13-14H,3,5,7-8,10-12H2,1H3. The molecule has 0 radical (unpaired) electrons. The first-order chi connectivity index (χ1) is 7.38. The zero-order chi connectivity index (χ0) is 10.9. The molecule has 82 valence electrons. The molecule has 1 heteroatoms. The quantitative estimate of drug-likeness (QED) is 0.352. The van der Waals surface area contributed by atoms with Crippen LogP contribution in [-0.4, -0.2) is 12.2 Å². The third-order valence-electron chi connectivity index (χ3n) is 2.74. The second-order valence-electron chi connectivity index (χ2n) is 4.07. The summed E-state index contributed by atoms with van der Waals surface area (Å²) >= 11 is 0. The van der Waals surface area contributed by atoms with Crippen LogP contribution in [0.4, 0.5) is 0 Å². The van der Waals surface area contributed by atoms with Gasteiger partial charge in [-0.25, -0.2) is 0 Å². The van der Waals surface area contributed by atoms with Gasteiger partial charge in [0, 0.05) is 6.42 Å². The lowest BCUT2D eigenvalue weighted by atomic mass is 10.1. The molecule has 1 heterocycles. The van der Waals surface area contributed by atoms with Crippen molar-refractivity contribution in [2.75, 3.05) is 0 Å². The van der Waals surface area contributed by atoms with E-state index in [1.165, 1.54) is 38.5 Å². The maximum absolute atomic E-state index is 5.50. The van der Waals surface area contributed by atoms with Crippen molar-refractivity contribution >= 4 is 0 Å². The Kier molecular flexibility index (Phi) is 5.98. The third-order valence-corrected chi connectivity index (χ3v) is 2.74. The van der Waals surface area contributed by atoms with E-state index in [2.05, 4.69) is 24.7 Å². The van der Waals surface area contributed by atoms with Gasteiger partial charge >= 0.3 is 0 Å². The van der Waals surface area contributed by atoms with Gasteiger partial charge in [0.2, 0.25) is 0 Å². The fourth-order valence-electron chi connectivity index (χ4n) is 1.76. The number of epoxide rings is 1. The van der Waals surface area contributed by atoms with E-state index in [-0.39, 0.29) is 0 Å². The van der Waals surface area contributed by atoms with Gasteiger partial charge in [0.05, 0.1) is 12.2 Å². The number of hydrogen-bond acceptors (Lipinski definition) is 1. The minimum atomic E-state index is 0.372. The van der Waals surface area contributed by atoms with Crippen LogP contribution in [0.15, 0.2) is 0 Å². The van der Waals surface area contributed by atoms with Crippen LogP contribution in [-0.2, 0) is 4.74 Å². The molecule has 1 aliphatic heterocycles. The number of rotatable bonds is 7. The largest absolute Gasteiger partial charge is 0.369 e. The highest BCUT2D eigenvalue weighted by Gasteiger charge is 2.36. The van der Waals surface area contributed by atoms with Gasteiger partial charge in [0.1, 0.15) is 0 Å². The lowest BCUT2D eigenvalue weighted by molar-refractivity contribution is 0.359. The molecule has 0 saturated carbocycles. The van der Waals surface area contributed by atoms with E-state index in [4.69, 9.17) is 11.2 Å². The summed E-state index contributed by atoms with van der Waals surface area (Å²) < 4.78 is 5.50. The summed E-state index contributed by atoms with van der Waals surface area (Å²) in [6.45, 7) is 2.24. The Hall–Kier alpha value is -0.920. The maximum atomic E-state index is 5.50. The smallest absolute Gasteiger partial charge is 0.0951 e. The van der Waals surface area contributed by atoms with Gasteiger partial charge in [-0.3, -0.25) is 0 Å². The van der Waals surface area contributed by atoms with Gasteiger partial charge < -0.3 is 4.74 Å². The molecule has 15 heavy (non-hydrogen) atoms. The van der Waals surface area contributed by atoms with Crippen LogP contribution in [0.25, 0.3) is 0 Å². The van der Waals surface area contributed by atoms with Gasteiger partial charge in [-0.2, -0.15) is 0 Å². The molecule has 0 spiro atoms. The van der Waals surface area contributed by atoms with Gasteiger partial charge in [-0.15, -0.1) is 6.42 Å². The summed E-state index contributed by atoms with van der Waals surface area (Å²) in [7, 11) is 0. The molecule has 2 unspecified atom stereocenters. The average molecular weight is 204 g/mol. The number of unbranched alkanes of at least 4 members (excludes halogenated alkanes) is 4. The Morgan fingerprint density at radius 3 is 2.67 bits per heavy atom. The van der Waals surface area contributed by atoms with Crippen LogP contribution in [0, 0.1) is 24.2 Å². The highest BCUT2D eigenvalue weighted by Crippen LogP contribution is 2.29. The molecule has 0 aromatic heterocycles. The van der Waals surface area contributed by atoms with E-state index in [0.29, 0.717) is 12.2 Å². The molecule has 2 atom stereocenters. The lowest BCUT2D eigenvalue weighted by Gasteiger charge is -1.96. The van der Waals surface area contributed by atoms with Crippen molar-refractivity contribution in [1.29, 1.82) is 0 Å². The summed E-state index contributed by atoms with van der Waals surface area (Å²) in [5, 5.41) is 0. The maximum Gasteiger partial charge on any atom is 0.0951 e. The molecule has 1 nitrogen and oxygen atoms in total. The first-order valence-electron chi connectivity index (χ1n) is 5.97. The van der Waals surface area contributed by atoms with E-state index in [1.807, 2.05) is 0 Å². The Morgan fingerprint density at radius 1 is 1.13 bits per heavy atom. The molecule has 1 fully saturated rings. The van der Waals surface area contributed by atoms with Gasteiger partial charge in [0.25, 0.3) is 0 Å². The van der Waals surface area contributed by atoms with Crippen molar-refractivity contribution in [3.8, 4) is 24.2 Å². The van der Waals surface area contributed by atoms with Crippen molar-refractivity contribution in [3.63, 3.8) is 0 Å². The van der Waals surface area contributed by atoms with Crippen LogP contribution >= 0.6 is 0 Å². The topological polar surface area (TPSA) is 12.5 Å². The van der Waals surface area contributed by atoms with Gasteiger partial charge in [-0.1, -0.05) is 44.9 Å². The van der Waals surface area contributed by atoms with Gasteiger partial charge in [-0.05, 0) is 18.3 Å². The first kappa shape index (κ1) is 12.2. The summed E-state index contributed by atoms with van der Waals surface area (Å²) in [6, 6.07) is 0. The third kappa shape index (κ3) is 5.50. The summed E-state index contributed by atoms with van der Waals surface area (Å²) in [6.07, 6.45) is 14.6. The second-order valence-corrected chi connectivity index (χ2v) is 4.07. The molecule has 0 N–H and O–H groups in total. The molecule has 0 aromatic carbocycles. The Morgan fingerprint density at radius 2 is 1.93 bits per heavy atom.